The summed E-state index contributed by atoms with van der Waals surface area (Å²) in [4.78, 5) is 12.5. The van der Waals surface area contributed by atoms with Crippen molar-refractivity contribution in [1.82, 2.24) is 0 Å². The summed E-state index contributed by atoms with van der Waals surface area (Å²) in [5.74, 6) is 0.0772. The molecule has 0 fully saturated rings. The van der Waals surface area contributed by atoms with Crippen LogP contribution in [0.5, 0.6) is 0 Å². The van der Waals surface area contributed by atoms with Gasteiger partial charge < -0.3 is 0 Å². The zero-order valence-corrected chi connectivity index (χ0v) is 17.0. The van der Waals surface area contributed by atoms with Gasteiger partial charge in [-0.3, -0.25) is 4.79 Å². The summed E-state index contributed by atoms with van der Waals surface area (Å²) in [6.45, 7) is 4.33. The molecule has 0 aromatic heterocycles. The number of aryl methyl sites for hydroxylation is 2. The summed E-state index contributed by atoms with van der Waals surface area (Å²) in [7, 11) is 0. The van der Waals surface area contributed by atoms with E-state index in [0.29, 0.717) is 0 Å². The van der Waals surface area contributed by atoms with Crippen LogP contribution in [0.3, 0.4) is 0 Å². The van der Waals surface area contributed by atoms with Gasteiger partial charge >= 0.3 is 0 Å². The Labute approximate surface area is 165 Å². The van der Waals surface area contributed by atoms with Crippen LogP contribution in [0.15, 0.2) is 54.6 Å². The average molecular weight is 363 g/mol. The van der Waals surface area contributed by atoms with E-state index < -0.39 is 0 Å². The molecule has 0 spiro atoms. The molecule has 2 rings (SSSR count). The minimum absolute atomic E-state index is 0.0772. The van der Waals surface area contributed by atoms with Crippen molar-refractivity contribution in [2.75, 3.05) is 0 Å². The van der Waals surface area contributed by atoms with E-state index in [2.05, 4.69) is 38.1 Å². The molecule has 2 aromatic carbocycles. The van der Waals surface area contributed by atoms with Crippen molar-refractivity contribution in [3.8, 4) is 0 Å². The Morgan fingerprint density at radius 3 is 2.22 bits per heavy atom. The molecule has 1 nitrogen and oxygen atoms in total. The fraction of sp³-hybridized carbons (Fsp3) is 0.423. The van der Waals surface area contributed by atoms with E-state index in [1.54, 1.807) is 6.08 Å². The third kappa shape index (κ3) is 8.39. The predicted molar refractivity (Wildman–Crippen MR) is 117 cm³/mol. The molecule has 0 heterocycles. The number of carbonyl (C=O) groups is 1. The van der Waals surface area contributed by atoms with Crippen molar-refractivity contribution in [3.05, 3.63) is 76.9 Å². The summed E-state index contributed by atoms with van der Waals surface area (Å²) >= 11 is 0. The highest BCUT2D eigenvalue weighted by Gasteiger charge is 2.03. The van der Waals surface area contributed by atoms with Gasteiger partial charge in [0.15, 0.2) is 5.78 Å². The minimum Gasteiger partial charge on any atom is -0.289 e. The third-order valence-electron chi connectivity index (χ3n) is 5.04. The largest absolute Gasteiger partial charge is 0.289 e. The van der Waals surface area contributed by atoms with E-state index in [9.17, 15) is 4.79 Å². The Balaban J connectivity index is 1.77. The first-order chi connectivity index (χ1) is 13.2. The number of benzene rings is 2. The highest BCUT2D eigenvalue weighted by Crippen LogP contribution is 2.14. The smallest absolute Gasteiger partial charge is 0.185 e. The lowest BCUT2D eigenvalue weighted by atomic mass is 10.0. The van der Waals surface area contributed by atoms with E-state index >= 15 is 0 Å². The fourth-order valence-corrected chi connectivity index (χ4v) is 3.29. The van der Waals surface area contributed by atoms with Crippen molar-refractivity contribution in [3.63, 3.8) is 0 Å². The van der Waals surface area contributed by atoms with Crippen molar-refractivity contribution in [1.29, 1.82) is 0 Å². The maximum Gasteiger partial charge on any atom is 0.185 e. The second-order valence-electron chi connectivity index (χ2n) is 7.53. The van der Waals surface area contributed by atoms with Crippen molar-refractivity contribution < 1.29 is 4.79 Å². The SMILES string of the molecule is CCCCCCCCCCc1cccc(C(=O)C=Cc2ccc(C)cc2)c1. The zero-order valence-electron chi connectivity index (χ0n) is 17.0. The number of carbonyl (C=O) groups excluding carboxylic acids is 1. The first kappa shape index (κ1) is 21.2. The van der Waals surface area contributed by atoms with E-state index in [0.717, 1.165) is 17.5 Å². The molecule has 0 unspecified atom stereocenters. The summed E-state index contributed by atoms with van der Waals surface area (Å²) in [5, 5.41) is 0. The van der Waals surface area contributed by atoms with Crippen molar-refractivity contribution in [2.45, 2.75) is 71.6 Å². The van der Waals surface area contributed by atoms with Gasteiger partial charge in [0.1, 0.15) is 0 Å². The van der Waals surface area contributed by atoms with Crippen LogP contribution >= 0.6 is 0 Å². The summed E-state index contributed by atoms with van der Waals surface area (Å²) in [6.07, 6.45) is 15.3. The van der Waals surface area contributed by atoms with Crippen LogP contribution in [0.2, 0.25) is 0 Å². The highest BCUT2D eigenvalue weighted by molar-refractivity contribution is 6.06. The Morgan fingerprint density at radius 1 is 0.852 bits per heavy atom. The molecule has 144 valence electrons. The molecule has 0 aliphatic carbocycles. The molecule has 0 N–H and O–H groups in total. The van der Waals surface area contributed by atoms with Crippen LogP contribution in [0.1, 0.15) is 85.3 Å². The molecule has 0 amide bonds. The molecule has 0 aliphatic rings. The van der Waals surface area contributed by atoms with Crippen LogP contribution in [0.25, 0.3) is 6.08 Å². The second kappa shape index (κ2) is 12.3. The molecule has 0 bridgehead atoms. The van der Waals surface area contributed by atoms with Gasteiger partial charge in [-0.15, -0.1) is 0 Å². The number of unbranched alkanes of at least 4 members (excludes halogenated alkanes) is 7. The molecule has 0 saturated heterocycles. The Kier molecular flexibility index (Phi) is 9.62. The maximum absolute atomic E-state index is 12.5. The van der Waals surface area contributed by atoms with Crippen LogP contribution in [-0.4, -0.2) is 5.78 Å². The molecule has 0 saturated carbocycles. The fourth-order valence-electron chi connectivity index (χ4n) is 3.29. The number of rotatable bonds is 12. The molecule has 0 aliphatic heterocycles. The maximum atomic E-state index is 12.5. The molecule has 2 aromatic rings. The van der Waals surface area contributed by atoms with E-state index in [1.165, 1.54) is 62.5 Å². The lowest BCUT2D eigenvalue weighted by Crippen LogP contribution is -1.96. The van der Waals surface area contributed by atoms with E-state index in [4.69, 9.17) is 0 Å². The van der Waals surface area contributed by atoms with Gasteiger partial charge in [-0.1, -0.05) is 106 Å². The van der Waals surface area contributed by atoms with Gasteiger partial charge in [0.25, 0.3) is 0 Å². The van der Waals surface area contributed by atoms with Crippen LogP contribution in [0, 0.1) is 6.92 Å². The van der Waals surface area contributed by atoms with E-state index in [1.807, 2.05) is 30.3 Å². The Morgan fingerprint density at radius 2 is 1.52 bits per heavy atom. The molecule has 27 heavy (non-hydrogen) atoms. The zero-order chi connectivity index (χ0) is 19.3. The quantitative estimate of drug-likeness (QED) is 0.216. The Bertz CT molecular complexity index is 709. The molecular formula is C26H34O. The van der Waals surface area contributed by atoms with Crippen LogP contribution in [-0.2, 0) is 6.42 Å². The Hall–Kier alpha value is -2.15. The number of allylic oxidation sites excluding steroid dienone is 1. The normalized spacial score (nSPS) is 11.2. The lowest BCUT2D eigenvalue weighted by Gasteiger charge is -2.04. The second-order valence-corrected chi connectivity index (χ2v) is 7.53. The van der Waals surface area contributed by atoms with E-state index in [-0.39, 0.29) is 5.78 Å². The number of hydrogen-bond acceptors (Lipinski definition) is 1. The number of ketones is 1. The summed E-state index contributed by atoms with van der Waals surface area (Å²) in [5.41, 5.74) is 4.35. The molecule has 0 atom stereocenters. The van der Waals surface area contributed by atoms with Crippen molar-refractivity contribution >= 4 is 11.9 Å². The average Bonchev–Trinajstić information content (AvgIpc) is 2.69. The molecule has 1 heteroatoms. The first-order valence-electron chi connectivity index (χ1n) is 10.6. The summed E-state index contributed by atoms with van der Waals surface area (Å²) < 4.78 is 0. The van der Waals surface area contributed by atoms with Gasteiger partial charge in [0.2, 0.25) is 0 Å². The monoisotopic (exact) mass is 362 g/mol. The minimum atomic E-state index is 0.0772. The van der Waals surface area contributed by atoms with Gasteiger partial charge in [0.05, 0.1) is 0 Å². The predicted octanol–water partition coefficient (Wildman–Crippen LogP) is 7.57. The number of hydrogen-bond donors (Lipinski definition) is 0. The topological polar surface area (TPSA) is 17.1 Å². The first-order valence-corrected chi connectivity index (χ1v) is 10.6. The molecule has 0 radical (unpaired) electrons. The van der Waals surface area contributed by atoms with Gasteiger partial charge in [-0.25, -0.2) is 0 Å². The highest BCUT2D eigenvalue weighted by atomic mass is 16.1. The third-order valence-corrected chi connectivity index (χ3v) is 5.04. The van der Waals surface area contributed by atoms with Crippen LogP contribution < -0.4 is 0 Å². The van der Waals surface area contributed by atoms with Gasteiger partial charge in [-0.2, -0.15) is 0 Å². The van der Waals surface area contributed by atoms with Gasteiger partial charge in [0, 0.05) is 5.56 Å². The molecular weight excluding hydrogens is 328 g/mol. The van der Waals surface area contributed by atoms with Crippen LogP contribution in [0.4, 0.5) is 0 Å². The lowest BCUT2D eigenvalue weighted by molar-refractivity contribution is 0.104. The summed E-state index contributed by atoms with van der Waals surface area (Å²) in [6, 6.07) is 16.3. The van der Waals surface area contributed by atoms with Gasteiger partial charge in [-0.05, 0) is 43.0 Å². The standard InChI is InChI=1S/C26H34O/c1-3-4-5-6-7-8-9-10-12-24-13-11-14-25(21-24)26(27)20-19-23-17-15-22(2)16-18-23/h11,13-21H,3-10,12H2,1-2H3. The van der Waals surface area contributed by atoms with Crippen molar-refractivity contribution in [2.24, 2.45) is 0 Å².